The first-order valence-electron chi connectivity index (χ1n) is 7.70. The van der Waals surface area contributed by atoms with Crippen LogP contribution in [0.4, 0.5) is 0 Å². The standard InChI is InChI=1S/C15H25N3O2S/c1-3-13-11-21-15(17-13)10-16-14(19)5-4-12(2)18-6-8-20-9-7-18/h11-12H,3-10H2,1-2H3,(H,16,19). The van der Waals surface area contributed by atoms with Gasteiger partial charge in [-0.15, -0.1) is 11.3 Å². The Bertz CT molecular complexity index is 444. The number of carbonyl (C=O) groups excluding carboxylic acids is 1. The second kappa shape index (κ2) is 8.46. The molecule has 1 fully saturated rings. The minimum Gasteiger partial charge on any atom is -0.379 e. The smallest absolute Gasteiger partial charge is 0.220 e. The van der Waals surface area contributed by atoms with Crippen LogP contribution in [0.2, 0.25) is 0 Å². The summed E-state index contributed by atoms with van der Waals surface area (Å²) < 4.78 is 5.35. The van der Waals surface area contributed by atoms with Crippen LogP contribution in [0.25, 0.3) is 0 Å². The van der Waals surface area contributed by atoms with Gasteiger partial charge in [-0.1, -0.05) is 6.92 Å². The van der Waals surface area contributed by atoms with E-state index in [1.54, 1.807) is 11.3 Å². The summed E-state index contributed by atoms with van der Waals surface area (Å²) in [6.07, 6.45) is 2.41. The number of nitrogens with one attached hydrogen (secondary N) is 1. The van der Waals surface area contributed by atoms with E-state index in [1.165, 1.54) is 0 Å². The van der Waals surface area contributed by atoms with Crippen molar-refractivity contribution in [2.45, 2.75) is 45.7 Å². The van der Waals surface area contributed by atoms with Gasteiger partial charge in [0, 0.05) is 30.9 Å². The first kappa shape index (κ1) is 16.4. The summed E-state index contributed by atoms with van der Waals surface area (Å²) in [5.74, 6) is 0.114. The zero-order valence-corrected chi connectivity index (χ0v) is 13.7. The van der Waals surface area contributed by atoms with E-state index in [2.05, 4.69) is 34.4 Å². The number of carbonyl (C=O) groups is 1. The fraction of sp³-hybridized carbons (Fsp3) is 0.733. The molecule has 1 aliphatic rings. The van der Waals surface area contributed by atoms with Crippen LogP contribution in [-0.4, -0.2) is 48.1 Å². The number of aromatic nitrogens is 1. The molecule has 1 unspecified atom stereocenters. The van der Waals surface area contributed by atoms with Crippen LogP contribution in [0.15, 0.2) is 5.38 Å². The van der Waals surface area contributed by atoms with Gasteiger partial charge < -0.3 is 10.1 Å². The summed E-state index contributed by atoms with van der Waals surface area (Å²) in [4.78, 5) is 18.7. The van der Waals surface area contributed by atoms with E-state index < -0.39 is 0 Å². The molecule has 1 aromatic rings. The Morgan fingerprint density at radius 1 is 1.52 bits per heavy atom. The lowest BCUT2D eigenvalue weighted by Crippen LogP contribution is -2.42. The molecule has 1 saturated heterocycles. The summed E-state index contributed by atoms with van der Waals surface area (Å²) in [5.41, 5.74) is 1.10. The topological polar surface area (TPSA) is 54.5 Å². The predicted molar refractivity (Wildman–Crippen MR) is 84.4 cm³/mol. The van der Waals surface area contributed by atoms with Crippen molar-refractivity contribution in [1.29, 1.82) is 0 Å². The number of nitrogens with zero attached hydrogens (tertiary/aromatic N) is 2. The highest BCUT2D eigenvalue weighted by Crippen LogP contribution is 2.11. The number of aryl methyl sites for hydroxylation is 1. The van der Waals surface area contributed by atoms with Gasteiger partial charge in [0.2, 0.25) is 5.91 Å². The van der Waals surface area contributed by atoms with E-state index in [4.69, 9.17) is 4.74 Å². The molecule has 2 rings (SSSR count). The Morgan fingerprint density at radius 2 is 2.29 bits per heavy atom. The molecule has 0 bridgehead atoms. The number of hydrogen-bond donors (Lipinski definition) is 1. The molecule has 1 N–H and O–H groups in total. The van der Waals surface area contributed by atoms with E-state index in [0.717, 1.165) is 49.8 Å². The third-order valence-electron chi connectivity index (χ3n) is 3.86. The first-order chi connectivity index (χ1) is 10.2. The fourth-order valence-corrected chi connectivity index (χ4v) is 3.21. The lowest BCUT2D eigenvalue weighted by Gasteiger charge is -2.32. The molecule has 1 aromatic heterocycles. The van der Waals surface area contributed by atoms with Crippen LogP contribution >= 0.6 is 11.3 Å². The first-order valence-corrected chi connectivity index (χ1v) is 8.58. The number of rotatable bonds is 7. The van der Waals surface area contributed by atoms with Gasteiger partial charge >= 0.3 is 0 Å². The van der Waals surface area contributed by atoms with E-state index in [9.17, 15) is 4.79 Å². The van der Waals surface area contributed by atoms with Gasteiger partial charge in [-0.25, -0.2) is 4.98 Å². The van der Waals surface area contributed by atoms with Gasteiger partial charge in [-0.3, -0.25) is 9.69 Å². The average Bonchev–Trinajstić information content (AvgIpc) is 2.99. The monoisotopic (exact) mass is 311 g/mol. The summed E-state index contributed by atoms with van der Waals surface area (Å²) in [6, 6.07) is 0.436. The zero-order valence-electron chi connectivity index (χ0n) is 12.9. The molecule has 0 saturated carbocycles. The van der Waals surface area contributed by atoms with Crippen molar-refractivity contribution in [2.75, 3.05) is 26.3 Å². The van der Waals surface area contributed by atoms with Gasteiger partial charge in [0.05, 0.1) is 25.5 Å². The molecule has 1 aliphatic heterocycles. The van der Waals surface area contributed by atoms with Crippen molar-refractivity contribution in [1.82, 2.24) is 15.2 Å². The number of hydrogen-bond acceptors (Lipinski definition) is 5. The van der Waals surface area contributed by atoms with Crippen molar-refractivity contribution in [2.24, 2.45) is 0 Å². The molecule has 0 radical (unpaired) electrons. The van der Waals surface area contributed by atoms with Crippen LogP contribution in [-0.2, 0) is 22.5 Å². The molecule has 1 amide bonds. The Labute approximate surface area is 130 Å². The minimum absolute atomic E-state index is 0.114. The van der Waals surface area contributed by atoms with Gasteiger partial charge in [-0.2, -0.15) is 0 Å². The van der Waals surface area contributed by atoms with Crippen molar-refractivity contribution in [3.05, 3.63) is 16.1 Å². The normalized spacial score (nSPS) is 17.6. The van der Waals surface area contributed by atoms with Gasteiger partial charge in [-0.05, 0) is 19.8 Å². The van der Waals surface area contributed by atoms with Gasteiger partial charge in [0.1, 0.15) is 5.01 Å². The quantitative estimate of drug-likeness (QED) is 0.834. The Morgan fingerprint density at radius 3 is 2.95 bits per heavy atom. The Balaban J connectivity index is 1.64. The van der Waals surface area contributed by atoms with Gasteiger partial charge in [0.25, 0.3) is 0 Å². The maximum Gasteiger partial charge on any atom is 0.220 e. The Hall–Kier alpha value is -0.980. The van der Waals surface area contributed by atoms with Crippen LogP contribution in [0.3, 0.4) is 0 Å². The van der Waals surface area contributed by atoms with Gasteiger partial charge in [0.15, 0.2) is 0 Å². The molecule has 0 aliphatic carbocycles. The number of amides is 1. The SMILES string of the molecule is CCc1csc(CNC(=O)CCC(C)N2CCOCC2)n1. The summed E-state index contributed by atoms with van der Waals surface area (Å²) in [5, 5.41) is 6.01. The highest BCUT2D eigenvalue weighted by Gasteiger charge is 2.17. The largest absolute Gasteiger partial charge is 0.379 e. The second-order valence-electron chi connectivity index (χ2n) is 5.40. The molecule has 5 nitrogen and oxygen atoms in total. The molecule has 21 heavy (non-hydrogen) atoms. The van der Waals surface area contributed by atoms with Crippen LogP contribution < -0.4 is 5.32 Å². The second-order valence-corrected chi connectivity index (χ2v) is 6.34. The summed E-state index contributed by atoms with van der Waals surface area (Å²) >= 11 is 1.62. The summed E-state index contributed by atoms with van der Waals surface area (Å²) in [6.45, 7) is 8.39. The third-order valence-corrected chi connectivity index (χ3v) is 4.75. The highest BCUT2D eigenvalue weighted by molar-refractivity contribution is 7.09. The molecular weight excluding hydrogens is 286 g/mol. The maximum absolute atomic E-state index is 11.9. The lowest BCUT2D eigenvalue weighted by molar-refractivity contribution is -0.121. The van der Waals surface area contributed by atoms with Crippen molar-refractivity contribution in [3.63, 3.8) is 0 Å². The Kier molecular flexibility index (Phi) is 6.60. The van der Waals surface area contributed by atoms with Crippen molar-refractivity contribution >= 4 is 17.2 Å². The number of morpholine rings is 1. The minimum atomic E-state index is 0.114. The summed E-state index contributed by atoms with van der Waals surface area (Å²) in [7, 11) is 0. The molecule has 0 spiro atoms. The van der Waals surface area contributed by atoms with Crippen LogP contribution in [0.5, 0.6) is 0 Å². The van der Waals surface area contributed by atoms with E-state index in [-0.39, 0.29) is 5.91 Å². The van der Waals surface area contributed by atoms with Crippen molar-refractivity contribution in [3.8, 4) is 0 Å². The average molecular weight is 311 g/mol. The molecule has 0 aromatic carbocycles. The van der Waals surface area contributed by atoms with E-state index in [1.807, 2.05) is 0 Å². The zero-order chi connectivity index (χ0) is 15.1. The number of thiazole rings is 1. The van der Waals surface area contributed by atoms with E-state index in [0.29, 0.717) is 19.0 Å². The molecule has 2 heterocycles. The molecule has 118 valence electrons. The van der Waals surface area contributed by atoms with Crippen molar-refractivity contribution < 1.29 is 9.53 Å². The molecule has 1 atom stereocenters. The predicted octanol–water partition coefficient (Wildman–Crippen LogP) is 1.82. The molecular formula is C15H25N3O2S. The number of ether oxygens (including phenoxy) is 1. The molecule has 6 heteroatoms. The highest BCUT2D eigenvalue weighted by atomic mass is 32.1. The lowest BCUT2D eigenvalue weighted by atomic mass is 10.1. The van der Waals surface area contributed by atoms with Crippen LogP contribution in [0.1, 0.15) is 37.4 Å². The maximum atomic E-state index is 11.9. The van der Waals surface area contributed by atoms with E-state index >= 15 is 0 Å². The fourth-order valence-electron chi connectivity index (χ4n) is 2.40. The third kappa shape index (κ3) is 5.37. The van der Waals surface area contributed by atoms with Crippen LogP contribution in [0, 0.1) is 0 Å².